The number of carbonyl (C=O) groups is 2. The predicted octanol–water partition coefficient (Wildman–Crippen LogP) is 3.55. The number of ether oxygens (including phenoxy) is 1. The average molecular weight is 507 g/mol. The van der Waals surface area contributed by atoms with Crippen molar-refractivity contribution < 1.29 is 23.2 Å². The van der Waals surface area contributed by atoms with Gasteiger partial charge in [-0.15, -0.1) is 0 Å². The van der Waals surface area contributed by atoms with Gasteiger partial charge in [0.05, 0.1) is 11.6 Å². The lowest BCUT2D eigenvalue weighted by Crippen LogP contribution is -2.39. The van der Waals surface area contributed by atoms with Crippen LogP contribution in [-0.4, -0.2) is 27.9 Å². The molecule has 0 saturated heterocycles. The van der Waals surface area contributed by atoms with E-state index in [1.165, 1.54) is 35.2 Å². The minimum absolute atomic E-state index is 0.0283. The van der Waals surface area contributed by atoms with E-state index < -0.39 is 23.5 Å². The molecule has 2 heterocycles. The fourth-order valence-electron chi connectivity index (χ4n) is 3.20. The molecule has 0 radical (unpaired) electrons. The molecule has 182 valence electrons. The first-order valence-corrected chi connectivity index (χ1v) is 11.3. The smallest absolute Gasteiger partial charge is 0.244 e. The molecule has 12 heteroatoms. The Kier molecular flexibility index (Phi) is 6.93. The van der Waals surface area contributed by atoms with Crippen LogP contribution in [0.15, 0.2) is 59.1 Å². The predicted molar refractivity (Wildman–Crippen MR) is 129 cm³/mol. The third-order valence-electron chi connectivity index (χ3n) is 5.11. The van der Waals surface area contributed by atoms with Crippen molar-refractivity contribution in [2.24, 2.45) is 5.73 Å². The van der Waals surface area contributed by atoms with E-state index in [2.05, 4.69) is 10.1 Å². The van der Waals surface area contributed by atoms with Crippen LogP contribution >= 0.6 is 11.3 Å². The number of amides is 1. The lowest BCUT2D eigenvalue weighted by molar-refractivity contribution is -0.118. The minimum atomic E-state index is -0.861. The van der Waals surface area contributed by atoms with Gasteiger partial charge in [0.15, 0.2) is 5.13 Å². The van der Waals surface area contributed by atoms with Crippen molar-refractivity contribution >= 4 is 39.7 Å². The molecule has 0 aliphatic rings. The number of thiazole rings is 1. The molecule has 2 aromatic carbocycles. The molecule has 0 spiro atoms. The Morgan fingerprint density at radius 2 is 1.92 bits per heavy atom. The molecule has 1 atom stereocenters. The van der Waals surface area contributed by atoms with Crippen LogP contribution in [0.4, 0.5) is 21.0 Å². The zero-order valence-corrected chi connectivity index (χ0v) is 19.7. The Bertz CT molecular complexity index is 1440. The van der Waals surface area contributed by atoms with E-state index in [0.29, 0.717) is 22.7 Å². The second-order valence-corrected chi connectivity index (χ2v) is 8.55. The van der Waals surface area contributed by atoms with Crippen molar-refractivity contribution in [3.05, 3.63) is 82.3 Å². The molecule has 4 aromatic rings. The molecule has 1 unspecified atom stereocenters. The third kappa shape index (κ3) is 5.16. The fourth-order valence-corrected chi connectivity index (χ4v) is 4.23. The van der Waals surface area contributed by atoms with Crippen LogP contribution in [0, 0.1) is 17.1 Å². The van der Waals surface area contributed by atoms with Crippen molar-refractivity contribution in [3.8, 4) is 11.8 Å². The monoisotopic (exact) mass is 506 g/mol. The van der Waals surface area contributed by atoms with Crippen molar-refractivity contribution in [2.45, 2.75) is 19.6 Å². The highest BCUT2D eigenvalue weighted by molar-refractivity contribution is 7.18. The number of ketones is 1. The van der Waals surface area contributed by atoms with Crippen LogP contribution in [0.5, 0.6) is 5.75 Å². The lowest BCUT2D eigenvalue weighted by Gasteiger charge is -2.26. The fraction of sp³-hybridized carbons (Fsp3) is 0.125. The number of benzene rings is 2. The van der Waals surface area contributed by atoms with Gasteiger partial charge in [-0.3, -0.25) is 9.59 Å². The van der Waals surface area contributed by atoms with Crippen LogP contribution in [-0.2, 0) is 11.4 Å². The summed E-state index contributed by atoms with van der Waals surface area (Å²) in [7, 11) is 0. The topological polar surface area (TPSA) is 161 Å². The van der Waals surface area contributed by atoms with Gasteiger partial charge in [0.25, 0.3) is 0 Å². The van der Waals surface area contributed by atoms with Gasteiger partial charge < -0.3 is 25.6 Å². The highest BCUT2D eigenvalue weighted by Gasteiger charge is 2.28. The van der Waals surface area contributed by atoms with E-state index >= 15 is 0 Å². The second kappa shape index (κ2) is 10.2. The zero-order valence-electron chi connectivity index (χ0n) is 18.8. The highest BCUT2D eigenvalue weighted by Crippen LogP contribution is 2.36. The summed E-state index contributed by atoms with van der Waals surface area (Å²) in [6.07, 6.45) is 0. The first kappa shape index (κ1) is 24.4. The van der Waals surface area contributed by atoms with E-state index in [9.17, 15) is 14.0 Å². The number of halogens is 1. The molecule has 4 rings (SSSR count). The number of aromatic nitrogens is 2. The second-order valence-electron chi connectivity index (χ2n) is 7.57. The normalized spacial score (nSPS) is 11.5. The molecule has 0 fully saturated rings. The summed E-state index contributed by atoms with van der Waals surface area (Å²) < 4.78 is 24.2. The number of anilines is 3. The molecule has 4 N–H and O–H groups in total. The number of nitrogens with zero attached hydrogens (tertiary/aromatic N) is 4. The minimum Gasteiger partial charge on any atom is -0.487 e. The van der Waals surface area contributed by atoms with E-state index in [4.69, 9.17) is 26.0 Å². The molecule has 0 aliphatic carbocycles. The van der Waals surface area contributed by atoms with Gasteiger partial charge in [0, 0.05) is 11.8 Å². The first-order valence-electron chi connectivity index (χ1n) is 10.5. The van der Waals surface area contributed by atoms with Crippen LogP contribution < -0.4 is 21.1 Å². The van der Waals surface area contributed by atoms with Crippen molar-refractivity contribution in [3.63, 3.8) is 0 Å². The van der Waals surface area contributed by atoms with Crippen molar-refractivity contribution in [1.29, 1.82) is 5.26 Å². The maximum Gasteiger partial charge on any atom is 0.244 e. The first-order chi connectivity index (χ1) is 17.3. The number of carbonyl (C=O) groups excluding carboxylic acids is 2. The molecule has 2 aromatic heterocycles. The maximum absolute atomic E-state index is 13.4. The molecule has 1 amide bonds. The largest absolute Gasteiger partial charge is 0.487 e. The van der Waals surface area contributed by atoms with Crippen molar-refractivity contribution in [1.82, 2.24) is 10.1 Å². The summed E-state index contributed by atoms with van der Waals surface area (Å²) >= 11 is 0.932. The molecule has 36 heavy (non-hydrogen) atoms. The summed E-state index contributed by atoms with van der Waals surface area (Å²) in [6, 6.07) is 14.5. The van der Waals surface area contributed by atoms with Gasteiger partial charge in [-0.05, 0) is 55.5 Å². The summed E-state index contributed by atoms with van der Waals surface area (Å²) in [4.78, 5) is 30.8. The Balaban J connectivity index is 1.54. The Morgan fingerprint density at radius 1 is 1.22 bits per heavy atom. The Hall–Kier alpha value is -4.76. The van der Waals surface area contributed by atoms with Crippen molar-refractivity contribution in [2.75, 3.05) is 10.6 Å². The van der Waals surface area contributed by atoms with E-state index in [-0.39, 0.29) is 28.2 Å². The van der Waals surface area contributed by atoms with Gasteiger partial charge in [0.2, 0.25) is 17.5 Å². The molecular formula is C24H19FN6O4S. The zero-order chi connectivity index (χ0) is 25.8. The molecular weight excluding hydrogens is 487 g/mol. The lowest BCUT2D eigenvalue weighted by atomic mass is 10.2. The number of hydrogen-bond donors (Lipinski definition) is 2. The van der Waals surface area contributed by atoms with Gasteiger partial charge in [-0.25, -0.2) is 9.37 Å². The summed E-state index contributed by atoms with van der Waals surface area (Å²) in [5.41, 5.74) is 12.8. The summed E-state index contributed by atoms with van der Waals surface area (Å²) in [6.45, 7) is 1.59. The number of nitrogens with two attached hydrogens (primary N) is 2. The molecule has 0 bridgehead atoms. The van der Waals surface area contributed by atoms with E-state index in [0.717, 1.165) is 11.3 Å². The SMILES string of the molecule is CC(C(N)=O)N(c1ccc(F)cc1)c1nc(N)c(C(=O)c2cc(COc3ccc(C#N)cc3)no2)s1. The molecule has 0 saturated carbocycles. The van der Waals surface area contributed by atoms with Crippen LogP contribution in [0.1, 0.15) is 33.6 Å². The Morgan fingerprint density at radius 3 is 2.56 bits per heavy atom. The van der Waals surface area contributed by atoms with Gasteiger partial charge in [0.1, 0.15) is 40.6 Å². The Labute approximate surface area is 208 Å². The summed E-state index contributed by atoms with van der Waals surface area (Å²) in [5.74, 6) is -1.29. The number of rotatable bonds is 9. The molecule has 0 aliphatic heterocycles. The average Bonchev–Trinajstić information content (AvgIpc) is 3.50. The number of primary amides is 1. The third-order valence-corrected chi connectivity index (χ3v) is 6.18. The number of hydrogen-bond acceptors (Lipinski definition) is 10. The van der Waals surface area contributed by atoms with Crippen LogP contribution in [0.2, 0.25) is 0 Å². The van der Waals surface area contributed by atoms with Gasteiger partial charge >= 0.3 is 0 Å². The highest BCUT2D eigenvalue weighted by atomic mass is 32.1. The van der Waals surface area contributed by atoms with E-state index in [1.807, 2.05) is 6.07 Å². The number of nitriles is 1. The van der Waals surface area contributed by atoms with Crippen LogP contribution in [0.3, 0.4) is 0 Å². The maximum atomic E-state index is 13.4. The van der Waals surface area contributed by atoms with Crippen LogP contribution in [0.25, 0.3) is 0 Å². The van der Waals surface area contributed by atoms with E-state index in [1.54, 1.807) is 31.2 Å². The summed E-state index contributed by atoms with van der Waals surface area (Å²) in [5, 5.41) is 12.9. The quantitative estimate of drug-likeness (QED) is 0.323. The standard InChI is InChI=1S/C24H19FN6O4S/c1-13(23(28)33)31(17-6-4-15(25)5-7-17)24-29-22(27)21(36-24)20(32)19-10-16(30-35-19)12-34-18-8-2-14(11-26)3-9-18/h2-10,13H,12,27H2,1H3,(H2,28,33). The van der Waals surface area contributed by atoms with Gasteiger partial charge in [-0.2, -0.15) is 5.26 Å². The molecule has 10 nitrogen and oxygen atoms in total. The number of nitrogen functional groups attached to an aromatic ring is 1. The van der Waals surface area contributed by atoms with Gasteiger partial charge in [-0.1, -0.05) is 16.5 Å².